The van der Waals surface area contributed by atoms with Crippen LogP contribution in [-0.2, 0) is 14.3 Å². The minimum atomic E-state index is -5.08. The Balaban J connectivity index is 0.000000396. The monoisotopic (exact) mass is 434 g/mol. The SMILES string of the molecule is COCCN1C(=O)CCCC12CCCN(C(=O)c1cnc[nH]1)C2.O=C(O)C(F)(F)F. The highest BCUT2D eigenvalue weighted by molar-refractivity contribution is 5.92. The predicted molar refractivity (Wildman–Crippen MR) is 97.6 cm³/mol. The van der Waals surface area contributed by atoms with E-state index in [1.165, 1.54) is 6.33 Å². The number of aromatic amines is 1. The van der Waals surface area contributed by atoms with Crippen molar-refractivity contribution in [2.24, 2.45) is 0 Å². The van der Waals surface area contributed by atoms with Crippen molar-refractivity contribution in [3.8, 4) is 0 Å². The van der Waals surface area contributed by atoms with Crippen molar-refractivity contribution in [3.05, 3.63) is 18.2 Å². The number of likely N-dealkylation sites (tertiary alicyclic amines) is 2. The Bertz CT molecular complexity index is 737. The minimum Gasteiger partial charge on any atom is -0.475 e. The van der Waals surface area contributed by atoms with E-state index in [-0.39, 0.29) is 17.4 Å². The molecule has 1 aromatic rings. The maximum Gasteiger partial charge on any atom is 0.490 e. The fourth-order valence-corrected chi connectivity index (χ4v) is 3.90. The van der Waals surface area contributed by atoms with Gasteiger partial charge in [0.1, 0.15) is 5.69 Å². The Morgan fingerprint density at radius 1 is 1.33 bits per heavy atom. The van der Waals surface area contributed by atoms with Gasteiger partial charge in [0.05, 0.1) is 24.7 Å². The molecule has 2 aliphatic rings. The number of halogens is 3. The second kappa shape index (κ2) is 9.92. The van der Waals surface area contributed by atoms with Gasteiger partial charge in [0.15, 0.2) is 0 Å². The zero-order valence-electron chi connectivity index (χ0n) is 16.6. The summed E-state index contributed by atoms with van der Waals surface area (Å²) in [5.74, 6) is -2.61. The van der Waals surface area contributed by atoms with Gasteiger partial charge < -0.3 is 24.6 Å². The summed E-state index contributed by atoms with van der Waals surface area (Å²) in [4.78, 5) is 44.6. The van der Waals surface area contributed by atoms with Gasteiger partial charge in [0.2, 0.25) is 5.91 Å². The molecule has 2 fully saturated rings. The number of nitrogens with one attached hydrogen (secondary N) is 1. The summed E-state index contributed by atoms with van der Waals surface area (Å²) in [6, 6.07) is 0. The molecular weight excluding hydrogens is 409 g/mol. The van der Waals surface area contributed by atoms with E-state index in [9.17, 15) is 22.8 Å². The number of carbonyl (C=O) groups is 3. The third kappa shape index (κ3) is 5.71. The molecule has 168 valence electrons. The Labute approximate surface area is 171 Å². The van der Waals surface area contributed by atoms with Crippen LogP contribution in [0.2, 0.25) is 0 Å². The highest BCUT2D eigenvalue weighted by Gasteiger charge is 2.46. The second-order valence-corrected chi connectivity index (χ2v) is 7.21. The molecule has 3 rings (SSSR count). The van der Waals surface area contributed by atoms with Crippen molar-refractivity contribution in [2.75, 3.05) is 33.4 Å². The number of carboxylic acid groups (broad SMARTS) is 1. The zero-order chi connectivity index (χ0) is 22.4. The second-order valence-electron chi connectivity index (χ2n) is 7.21. The highest BCUT2D eigenvalue weighted by Crippen LogP contribution is 2.36. The van der Waals surface area contributed by atoms with Crippen molar-refractivity contribution in [3.63, 3.8) is 0 Å². The average Bonchev–Trinajstić information content (AvgIpc) is 3.22. The molecule has 0 aromatic carbocycles. The first-order valence-corrected chi connectivity index (χ1v) is 9.48. The topological polar surface area (TPSA) is 116 Å². The van der Waals surface area contributed by atoms with Crippen molar-refractivity contribution in [2.45, 2.75) is 43.8 Å². The fourth-order valence-electron chi connectivity index (χ4n) is 3.90. The third-order valence-corrected chi connectivity index (χ3v) is 5.24. The number of aliphatic carboxylic acids is 1. The lowest BCUT2D eigenvalue weighted by atomic mass is 9.79. The summed E-state index contributed by atoms with van der Waals surface area (Å²) in [6.45, 7) is 2.45. The van der Waals surface area contributed by atoms with Crippen molar-refractivity contribution >= 4 is 17.8 Å². The van der Waals surface area contributed by atoms with Crippen LogP contribution < -0.4 is 0 Å². The van der Waals surface area contributed by atoms with Gasteiger partial charge in [-0.2, -0.15) is 13.2 Å². The van der Waals surface area contributed by atoms with E-state index < -0.39 is 12.1 Å². The number of piperidine rings is 2. The van der Waals surface area contributed by atoms with Crippen LogP contribution in [0.15, 0.2) is 12.5 Å². The quantitative estimate of drug-likeness (QED) is 0.745. The van der Waals surface area contributed by atoms with Gasteiger partial charge in [0.25, 0.3) is 5.91 Å². The van der Waals surface area contributed by atoms with Crippen molar-refractivity contribution in [1.82, 2.24) is 19.8 Å². The molecule has 30 heavy (non-hydrogen) atoms. The van der Waals surface area contributed by atoms with Crippen LogP contribution in [0, 0.1) is 0 Å². The van der Waals surface area contributed by atoms with Gasteiger partial charge in [0, 0.05) is 33.2 Å². The third-order valence-electron chi connectivity index (χ3n) is 5.24. The number of imidazole rings is 1. The number of alkyl halides is 3. The van der Waals surface area contributed by atoms with E-state index in [2.05, 4.69) is 9.97 Å². The number of hydrogen-bond acceptors (Lipinski definition) is 5. The van der Waals surface area contributed by atoms with E-state index >= 15 is 0 Å². The lowest BCUT2D eigenvalue weighted by molar-refractivity contribution is -0.192. The lowest BCUT2D eigenvalue weighted by Gasteiger charge is -2.52. The van der Waals surface area contributed by atoms with Gasteiger partial charge in [-0.15, -0.1) is 0 Å². The summed E-state index contributed by atoms with van der Waals surface area (Å²) >= 11 is 0. The first-order valence-electron chi connectivity index (χ1n) is 9.48. The van der Waals surface area contributed by atoms with Crippen LogP contribution in [0.5, 0.6) is 0 Å². The highest BCUT2D eigenvalue weighted by atomic mass is 19.4. The molecule has 0 saturated carbocycles. The fraction of sp³-hybridized carbons (Fsp3) is 0.667. The number of methoxy groups -OCH3 is 1. The zero-order valence-corrected chi connectivity index (χ0v) is 16.6. The maximum atomic E-state index is 12.6. The number of hydrogen-bond donors (Lipinski definition) is 2. The van der Waals surface area contributed by atoms with Gasteiger partial charge in [-0.3, -0.25) is 9.59 Å². The van der Waals surface area contributed by atoms with Crippen molar-refractivity contribution in [1.29, 1.82) is 0 Å². The number of rotatable bonds is 4. The molecule has 1 atom stereocenters. The van der Waals surface area contributed by atoms with E-state index in [4.69, 9.17) is 14.6 Å². The smallest absolute Gasteiger partial charge is 0.475 e. The van der Waals surface area contributed by atoms with Crippen LogP contribution in [0.1, 0.15) is 42.6 Å². The normalized spacial score (nSPS) is 21.9. The molecule has 1 spiro atoms. The molecule has 3 heterocycles. The summed E-state index contributed by atoms with van der Waals surface area (Å²) < 4.78 is 36.9. The molecule has 0 bridgehead atoms. The Kier molecular flexibility index (Phi) is 7.82. The van der Waals surface area contributed by atoms with Gasteiger partial charge >= 0.3 is 12.1 Å². The largest absolute Gasteiger partial charge is 0.490 e. The van der Waals surface area contributed by atoms with E-state index in [0.717, 1.165) is 32.2 Å². The van der Waals surface area contributed by atoms with E-state index in [1.54, 1.807) is 13.3 Å². The van der Waals surface area contributed by atoms with Crippen LogP contribution >= 0.6 is 0 Å². The molecule has 9 nitrogen and oxygen atoms in total. The molecule has 0 aliphatic carbocycles. The number of carboxylic acids is 1. The molecular formula is C18H25F3N4O5. The van der Waals surface area contributed by atoms with Crippen LogP contribution in [0.3, 0.4) is 0 Å². The molecule has 12 heteroatoms. The number of amides is 2. The predicted octanol–water partition coefficient (Wildman–Crippen LogP) is 1.68. The number of nitrogens with zero attached hydrogens (tertiary/aromatic N) is 3. The number of carbonyl (C=O) groups excluding carboxylic acids is 2. The summed E-state index contributed by atoms with van der Waals surface area (Å²) in [5, 5.41) is 7.12. The average molecular weight is 434 g/mol. The molecule has 1 unspecified atom stereocenters. The summed E-state index contributed by atoms with van der Waals surface area (Å²) in [5.41, 5.74) is 0.273. The van der Waals surface area contributed by atoms with Gasteiger partial charge in [-0.05, 0) is 25.7 Å². The van der Waals surface area contributed by atoms with E-state index in [1.807, 2.05) is 9.80 Å². The summed E-state index contributed by atoms with van der Waals surface area (Å²) in [6.07, 6.45) is 2.30. The first kappa shape index (κ1) is 23.6. The molecule has 0 radical (unpaired) electrons. The number of H-pyrrole nitrogens is 1. The Morgan fingerprint density at radius 3 is 2.57 bits per heavy atom. The summed E-state index contributed by atoms with van der Waals surface area (Å²) in [7, 11) is 1.65. The lowest BCUT2D eigenvalue weighted by Crippen LogP contribution is -2.63. The van der Waals surface area contributed by atoms with Crippen LogP contribution in [-0.4, -0.2) is 87.7 Å². The van der Waals surface area contributed by atoms with Crippen LogP contribution in [0.4, 0.5) is 13.2 Å². The molecule has 2 saturated heterocycles. The Morgan fingerprint density at radius 2 is 2.00 bits per heavy atom. The first-order chi connectivity index (χ1) is 14.1. The minimum absolute atomic E-state index is 0.0358. The van der Waals surface area contributed by atoms with Crippen molar-refractivity contribution < 1.29 is 37.4 Å². The standard InChI is InChI=1S/C16H24N4O3.C2HF3O2/c1-23-9-8-20-14(21)4-2-5-16(20)6-3-7-19(11-16)15(22)13-10-17-12-18-13;3-2(4,5)1(6)7/h10,12H,2-9,11H2,1H3,(H,17,18);(H,6,7). The molecule has 2 amide bonds. The van der Waals surface area contributed by atoms with Gasteiger partial charge in [-0.25, -0.2) is 9.78 Å². The van der Waals surface area contributed by atoms with E-state index in [0.29, 0.717) is 31.8 Å². The number of aromatic nitrogens is 2. The van der Waals surface area contributed by atoms with Crippen LogP contribution in [0.25, 0.3) is 0 Å². The molecule has 2 N–H and O–H groups in total. The molecule has 1 aromatic heterocycles. The molecule has 2 aliphatic heterocycles. The number of ether oxygens (including phenoxy) is 1. The van der Waals surface area contributed by atoms with Gasteiger partial charge in [-0.1, -0.05) is 0 Å². The maximum absolute atomic E-state index is 12.6. The Hall–Kier alpha value is -2.63.